The second-order valence-electron chi connectivity index (χ2n) is 3.22. The molecule has 4 heteroatoms. The molecule has 0 aliphatic carbocycles. The summed E-state index contributed by atoms with van der Waals surface area (Å²) in [5.74, 6) is 1.26. The second-order valence-corrected chi connectivity index (χ2v) is 3.22. The standard InChI is InChI=1S/C12H12O4/c1-3-15-8-6-10(14-2)9-4-5-12(13)16-11(9)7-8/h4-7H,3H2,1-2H3. The number of hydrogen-bond acceptors (Lipinski definition) is 4. The van der Waals surface area contributed by atoms with Crippen LogP contribution in [0.25, 0.3) is 11.0 Å². The van der Waals surface area contributed by atoms with Gasteiger partial charge in [0.2, 0.25) is 0 Å². The van der Waals surface area contributed by atoms with E-state index in [0.29, 0.717) is 23.7 Å². The van der Waals surface area contributed by atoms with Crippen LogP contribution in [-0.4, -0.2) is 13.7 Å². The summed E-state index contributed by atoms with van der Waals surface area (Å²) < 4.78 is 15.6. The Balaban J connectivity index is 2.68. The highest BCUT2D eigenvalue weighted by atomic mass is 16.5. The van der Waals surface area contributed by atoms with E-state index in [1.54, 1.807) is 25.3 Å². The fourth-order valence-corrected chi connectivity index (χ4v) is 1.54. The Morgan fingerprint density at radius 1 is 1.31 bits per heavy atom. The van der Waals surface area contributed by atoms with Crippen molar-refractivity contribution in [3.8, 4) is 11.5 Å². The third-order valence-corrected chi connectivity index (χ3v) is 2.21. The van der Waals surface area contributed by atoms with E-state index in [4.69, 9.17) is 13.9 Å². The number of ether oxygens (including phenoxy) is 2. The molecular formula is C12H12O4. The van der Waals surface area contributed by atoms with Crippen LogP contribution < -0.4 is 15.1 Å². The lowest BCUT2D eigenvalue weighted by Crippen LogP contribution is -1.97. The number of methoxy groups -OCH3 is 1. The predicted octanol–water partition coefficient (Wildman–Crippen LogP) is 2.20. The Morgan fingerprint density at radius 3 is 2.81 bits per heavy atom. The van der Waals surface area contributed by atoms with Crippen LogP contribution in [0, 0.1) is 0 Å². The van der Waals surface area contributed by atoms with Crippen molar-refractivity contribution < 1.29 is 13.9 Å². The molecule has 0 aliphatic heterocycles. The van der Waals surface area contributed by atoms with Gasteiger partial charge < -0.3 is 13.9 Å². The Hall–Kier alpha value is -1.97. The van der Waals surface area contributed by atoms with Gasteiger partial charge in [-0.3, -0.25) is 0 Å². The van der Waals surface area contributed by atoms with Crippen molar-refractivity contribution in [1.82, 2.24) is 0 Å². The summed E-state index contributed by atoms with van der Waals surface area (Å²) in [4.78, 5) is 11.1. The zero-order chi connectivity index (χ0) is 11.5. The van der Waals surface area contributed by atoms with Crippen molar-refractivity contribution in [2.45, 2.75) is 6.92 Å². The quantitative estimate of drug-likeness (QED) is 0.744. The summed E-state index contributed by atoms with van der Waals surface area (Å²) in [5.41, 5.74) is 0.0819. The SMILES string of the molecule is CCOc1cc(OC)c2ccc(=O)oc2c1. The lowest BCUT2D eigenvalue weighted by molar-refractivity contribution is 0.336. The van der Waals surface area contributed by atoms with Gasteiger partial charge in [-0.1, -0.05) is 0 Å². The van der Waals surface area contributed by atoms with Gasteiger partial charge in [-0.2, -0.15) is 0 Å². The van der Waals surface area contributed by atoms with Crippen LogP contribution in [0.4, 0.5) is 0 Å². The van der Waals surface area contributed by atoms with Crippen LogP contribution in [0.5, 0.6) is 11.5 Å². The van der Waals surface area contributed by atoms with Gasteiger partial charge in [-0.15, -0.1) is 0 Å². The van der Waals surface area contributed by atoms with Gasteiger partial charge in [-0.05, 0) is 13.0 Å². The van der Waals surface area contributed by atoms with Crippen molar-refractivity contribution in [3.63, 3.8) is 0 Å². The Labute approximate surface area is 92.4 Å². The van der Waals surface area contributed by atoms with E-state index >= 15 is 0 Å². The summed E-state index contributed by atoms with van der Waals surface area (Å²) in [6, 6.07) is 6.50. The number of fused-ring (bicyclic) bond motifs is 1. The molecule has 2 rings (SSSR count). The molecule has 0 unspecified atom stereocenters. The molecule has 0 radical (unpaired) electrons. The zero-order valence-electron chi connectivity index (χ0n) is 9.15. The normalized spacial score (nSPS) is 10.4. The lowest BCUT2D eigenvalue weighted by atomic mass is 10.2. The van der Waals surface area contributed by atoms with Gasteiger partial charge in [0, 0.05) is 18.2 Å². The molecule has 0 bridgehead atoms. The fourth-order valence-electron chi connectivity index (χ4n) is 1.54. The van der Waals surface area contributed by atoms with Crippen molar-refractivity contribution in [2.24, 2.45) is 0 Å². The maximum Gasteiger partial charge on any atom is 0.336 e. The van der Waals surface area contributed by atoms with E-state index in [2.05, 4.69) is 0 Å². The molecule has 0 amide bonds. The molecule has 0 saturated heterocycles. The molecule has 0 atom stereocenters. The minimum atomic E-state index is -0.386. The van der Waals surface area contributed by atoms with Gasteiger partial charge in [0.05, 0.1) is 19.1 Å². The molecule has 0 N–H and O–H groups in total. The highest BCUT2D eigenvalue weighted by Crippen LogP contribution is 2.30. The molecule has 1 aromatic heterocycles. The molecule has 0 spiro atoms. The number of benzene rings is 1. The van der Waals surface area contributed by atoms with Gasteiger partial charge in [0.25, 0.3) is 0 Å². The summed E-state index contributed by atoms with van der Waals surface area (Å²) in [6.45, 7) is 2.43. The predicted molar refractivity (Wildman–Crippen MR) is 60.2 cm³/mol. The van der Waals surface area contributed by atoms with Crippen LogP contribution in [0.1, 0.15) is 6.92 Å². The highest BCUT2D eigenvalue weighted by Gasteiger charge is 2.07. The van der Waals surface area contributed by atoms with Gasteiger partial charge >= 0.3 is 5.63 Å². The minimum absolute atomic E-state index is 0.386. The summed E-state index contributed by atoms with van der Waals surface area (Å²) in [5, 5.41) is 0.755. The molecule has 1 aromatic carbocycles. The Kier molecular flexibility index (Phi) is 2.81. The molecule has 2 aromatic rings. The first-order valence-corrected chi connectivity index (χ1v) is 4.99. The zero-order valence-corrected chi connectivity index (χ0v) is 9.15. The Bertz CT molecular complexity index is 556. The Morgan fingerprint density at radius 2 is 2.12 bits per heavy atom. The van der Waals surface area contributed by atoms with E-state index in [0.717, 1.165) is 5.39 Å². The topological polar surface area (TPSA) is 48.7 Å². The van der Waals surface area contributed by atoms with Crippen LogP contribution >= 0.6 is 0 Å². The molecule has 16 heavy (non-hydrogen) atoms. The van der Waals surface area contributed by atoms with Crippen molar-refractivity contribution >= 4 is 11.0 Å². The molecule has 84 valence electrons. The maximum absolute atomic E-state index is 11.1. The maximum atomic E-state index is 11.1. The van der Waals surface area contributed by atoms with Crippen molar-refractivity contribution in [3.05, 3.63) is 34.7 Å². The molecule has 0 aliphatic rings. The van der Waals surface area contributed by atoms with Gasteiger partial charge in [0.1, 0.15) is 17.1 Å². The largest absolute Gasteiger partial charge is 0.496 e. The van der Waals surface area contributed by atoms with E-state index in [1.807, 2.05) is 6.92 Å². The van der Waals surface area contributed by atoms with E-state index < -0.39 is 0 Å². The average Bonchev–Trinajstić information content (AvgIpc) is 2.27. The lowest BCUT2D eigenvalue weighted by Gasteiger charge is -2.08. The molecular weight excluding hydrogens is 208 g/mol. The summed E-state index contributed by atoms with van der Waals surface area (Å²) in [6.07, 6.45) is 0. The third kappa shape index (κ3) is 1.86. The third-order valence-electron chi connectivity index (χ3n) is 2.21. The molecule has 4 nitrogen and oxygen atoms in total. The second kappa shape index (κ2) is 4.26. The van der Waals surface area contributed by atoms with E-state index in [9.17, 15) is 4.79 Å². The molecule has 0 saturated carbocycles. The first-order chi connectivity index (χ1) is 7.74. The average molecular weight is 220 g/mol. The monoisotopic (exact) mass is 220 g/mol. The van der Waals surface area contributed by atoms with Crippen LogP contribution in [0.2, 0.25) is 0 Å². The van der Waals surface area contributed by atoms with Crippen LogP contribution in [0.15, 0.2) is 33.5 Å². The van der Waals surface area contributed by atoms with E-state index in [1.165, 1.54) is 6.07 Å². The van der Waals surface area contributed by atoms with Gasteiger partial charge in [0.15, 0.2) is 0 Å². The molecule has 1 heterocycles. The van der Waals surface area contributed by atoms with Crippen molar-refractivity contribution in [1.29, 1.82) is 0 Å². The summed E-state index contributed by atoms with van der Waals surface area (Å²) in [7, 11) is 1.57. The fraction of sp³-hybridized carbons (Fsp3) is 0.250. The first-order valence-electron chi connectivity index (χ1n) is 4.99. The molecule has 0 fully saturated rings. The highest BCUT2D eigenvalue weighted by molar-refractivity contribution is 5.84. The van der Waals surface area contributed by atoms with Crippen LogP contribution in [-0.2, 0) is 0 Å². The number of rotatable bonds is 3. The van der Waals surface area contributed by atoms with E-state index in [-0.39, 0.29) is 5.63 Å². The van der Waals surface area contributed by atoms with Crippen molar-refractivity contribution in [2.75, 3.05) is 13.7 Å². The van der Waals surface area contributed by atoms with Crippen LogP contribution in [0.3, 0.4) is 0 Å². The smallest absolute Gasteiger partial charge is 0.336 e. The number of hydrogen-bond donors (Lipinski definition) is 0. The van der Waals surface area contributed by atoms with Gasteiger partial charge in [-0.25, -0.2) is 4.79 Å². The minimum Gasteiger partial charge on any atom is -0.496 e. The summed E-state index contributed by atoms with van der Waals surface area (Å²) >= 11 is 0. The first kappa shape index (κ1) is 10.5.